The largest absolute Gasteiger partial charge is 0.380 e. The van der Waals surface area contributed by atoms with Crippen molar-refractivity contribution in [3.05, 3.63) is 0 Å². The molecule has 0 bridgehead atoms. The van der Waals surface area contributed by atoms with Crippen LogP contribution in [0, 0.1) is 5.92 Å². The van der Waals surface area contributed by atoms with Gasteiger partial charge in [0.1, 0.15) is 0 Å². The summed E-state index contributed by atoms with van der Waals surface area (Å²) in [6.45, 7) is 1.79. The fourth-order valence-corrected chi connectivity index (χ4v) is 1.06. The Hall–Kier alpha value is 0.270. The number of hydrogen-bond donors (Lipinski definition) is 0. The molecule has 0 heterocycles. The molecule has 1 rings (SSSR count). The fourth-order valence-electron chi connectivity index (χ4n) is 0.711. The first-order valence-corrected chi connectivity index (χ1v) is 4.58. The molecule has 0 aromatic carbocycles. The summed E-state index contributed by atoms with van der Waals surface area (Å²) in [5.41, 5.74) is 0. The van der Waals surface area contributed by atoms with E-state index in [4.69, 9.17) is 8.92 Å². The standard InChI is InChI=1S/C7H14O2S/c1-8-10-5-4-9-6-7-2-3-7/h7H,2-6H2,1H3. The maximum atomic E-state index is 5.36. The molecule has 1 saturated carbocycles. The molecule has 10 heavy (non-hydrogen) atoms. The molecule has 0 spiro atoms. The maximum Gasteiger partial charge on any atom is 0.0579 e. The molecule has 0 radical (unpaired) electrons. The first kappa shape index (κ1) is 8.37. The lowest BCUT2D eigenvalue weighted by Crippen LogP contribution is -2.00. The Labute approximate surface area is 66.5 Å². The van der Waals surface area contributed by atoms with Crippen LogP contribution in [0.3, 0.4) is 0 Å². The second-order valence-electron chi connectivity index (χ2n) is 2.51. The summed E-state index contributed by atoms with van der Waals surface area (Å²) in [4.78, 5) is 0. The molecular weight excluding hydrogens is 148 g/mol. The van der Waals surface area contributed by atoms with E-state index in [1.807, 2.05) is 0 Å². The molecule has 0 aliphatic heterocycles. The normalized spacial score (nSPS) is 17.7. The van der Waals surface area contributed by atoms with Gasteiger partial charge in [-0.15, -0.1) is 0 Å². The lowest BCUT2D eigenvalue weighted by molar-refractivity contribution is 0.139. The zero-order valence-corrected chi connectivity index (χ0v) is 7.15. The summed E-state index contributed by atoms with van der Waals surface area (Å²) in [5, 5.41) is 0. The smallest absolute Gasteiger partial charge is 0.0579 e. The first-order valence-electron chi connectivity index (χ1n) is 3.67. The minimum Gasteiger partial charge on any atom is -0.380 e. The van der Waals surface area contributed by atoms with Crippen molar-refractivity contribution in [1.29, 1.82) is 0 Å². The van der Waals surface area contributed by atoms with Gasteiger partial charge in [-0.25, -0.2) is 0 Å². The predicted molar refractivity (Wildman–Crippen MR) is 43.0 cm³/mol. The average molecular weight is 162 g/mol. The van der Waals surface area contributed by atoms with Crippen molar-refractivity contribution in [3.63, 3.8) is 0 Å². The van der Waals surface area contributed by atoms with E-state index in [1.165, 1.54) is 24.9 Å². The van der Waals surface area contributed by atoms with Gasteiger partial charge in [-0.1, -0.05) is 0 Å². The van der Waals surface area contributed by atoms with Gasteiger partial charge >= 0.3 is 0 Å². The van der Waals surface area contributed by atoms with Crippen molar-refractivity contribution in [2.45, 2.75) is 12.8 Å². The third kappa shape index (κ3) is 4.14. The highest BCUT2D eigenvalue weighted by Crippen LogP contribution is 2.28. The van der Waals surface area contributed by atoms with E-state index < -0.39 is 0 Å². The summed E-state index contributed by atoms with van der Waals surface area (Å²) in [6, 6.07) is 0. The van der Waals surface area contributed by atoms with Crippen LogP contribution in [0.1, 0.15) is 12.8 Å². The first-order chi connectivity index (χ1) is 4.93. The highest BCUT2D eigenvalue weighted by atomic mass is 32.2. The second-order valence-corrected chi connectivity index (χ2v) is 3.48. The Morgan fingerprint density at radius 3 is 2.90 bits per heavy atom. The highest BCUT2D eigenvalue weighted by molar-refractivity contribution is 7.94. The molecule has 0 atom stereocenters. The summed E-state index contributed by atoms with van der Waals surface area (Å²) >= 11 is 1.46. The molecule has 60 valence electrons. The van der Waals surface area contributed by atoms with Crippen LogP contribution < -0.4 is 0 Å². The van der Waals surface area contributed by atoms with Crippen LogP contribution >= 0.6 is 12.0 Å². The number of ether oxygens (including phenoxy) is 1. The van der Waals surface area contributed by atoms with E-state index in [1.54, 1.807) is 7.11 Å². The summed E-state index contributed by atoms with van der Waals surface area (Å²) in [7, 11) is 1.69. The van der Waals surface area contributed by atoms with Crippen LogP contribution in [-0.2, 0) is 8.92 Å². The minimum atomic E-state index is 0.828. The lowest BCUT2D eigenvalue weighted by Gasteiger charge is -2.00. The van der Waals surface area contributed by atoms with Crippen molar-refractivity contribution < 1.29 is 8.92 Å². The van der Waals surface area contributed by atoms with Gasteiger partial charge in [-0.2, -0.15) is 0 Å². The maximum absolute atomic E-state index is 5.36. The quantitative estimate of drug-likeness (QED) is 0.437. The molecule has 0 saturated heterocycles. The average Bonchev–Trinajstić information content (AvgIpc) is 2.71. The third-order valence-electron chi connectivity index (χ3n) is 1.48. The van der Waals surface area contributed by atoms with E-state index >= 15 is 0 Å². The van der Waals surface area contributed by atoms with E-state index in [0.717, 1.165) is 24.9 Å². The van der Waals surface area contributed by atoms with Gasteiger partial charge in [0, 0.05) is 12.4 Å². The number of hydrogen-bond acceptors (Lipinski definition) is 3. The molecule has 0 aromatic rings. The minimum absolute atomic E-state index is 0.828. The van der Waals surface area contributed by atoms with Gasteiger partial charge in [-0.3, -0.25) is 0 Å². The SMILES string of the molecule is COSCCOCC1CC1. The Kier molecular flexibility index (Phi) is 4.18. The summed E-state index contributed by atoms with van der Waals surface area (Å²) in [5.74, 6) is 1.83. The van der Waals surface area contributed by atoms with Crippen LogP contribution in [0.2, 0.25) is 0 Å². The fraction of sp³-hybridized carbons (Fsp3) is 1.00. The zero-order valence-electron chi connectivity index (χ0n) is 6.34. The molecule has 1 aliphatic carbocycles. The Bertz CT molecular complexity index is 83.7. The molecule has 0 N–H and O–H groups in total. The van der Waals surface area contributed by atoms with Crippen molar-refractivity contribution >= 4 is 12.0 Å². The molecule has 2 nitrogen and oxygen atoms in total. The van der Waals surface area contributed by atoms with Crippen molar-refractivity contribution in [2.24, 2.45) is 5.92 Å². The van der Waals surface area contributed by atoms with Crippen LogP contribution in [-0.4, -0.2) is 26.1 Å². The van der Waals surface area contributed by atoms with Crippen LogP contribution in [0.4, 0.5) is 0 Å². The van der Waals surface area contributed by atoms with Crippen molar-refractivity contribution in [1.82, 2.24) is 0 Å². The second kappa shape index (κ2) is 4.99. The van der Waals surface area contributed by atoms with E-state index in [2.05, 4.69) is 0 Å². The summed E-state index contributed by atoms with van der Waals surface area (Å²) < 4.78 is 10.2. The van der Waals surface area contributed by atoms with Crippen molar-refractivity contribution in [2.75, 3.05) is 26.1 Å². The van der Waals surface area contributed by atoms with Crippen molar-refractivity contribution in [3.8, 4) is 0 Å². The molecule has 0 amide bonds. The topological polar surface area (TPSA) is 18.5 Å². The molecule has 1 fully saturated rings. The Morgan fingerprint density at radius 2 is 2.30 bits per heavy atom. The zero-order chi connectivity index (χ0) is 7.23. The molecule has 3 heteroatoms. The van der Waals surface area contributed by atoms with E-state index in [9.17, 15) is 0 Å². The predicted octanol–water partition coefficient (Wildman–Crippen LogP) is 1.71. The van der Waals surface area contributed by atoms with Gasteiger partial charge in [0.2, 0.25) is 0 Å². The van der Waals surface area contributed by atoms with Gasteiger partial charge in [0.25, 0.3) is 0 Å². The molecular formula is C7H14O2S. The molecule has 0 aromatic heterocycles. The van der Waals surface area contributed by atoms with Gasteiger partial charge < -0.3 is 8.92 Å². The highest BCUT2D eigenvalue weighted by Gasteiger charge is 2.20. The van der Waals surface area contributed by atoms with Crippen LogP contribution in [0.5, 0.6) is 0 Å². The third-order valence-corrected chi connectivity index (χ3v) is 2.05. The molecule has 1 aliphatic rings. The Morgan fingerprint density at radius 1 is 1.50 bits per heavy atom. The van der Waals surface area contributed by atoms with Crippen LogP contribution in [0.15, 0.2) is 0 Å². The van der Waals surface area contributed by atoms with Gasteiger partial charge in [-0.05, 0) is 30.8 Å². The van der Waals surface area contributed by atoms with E-state index in [-0.39, 0.29) is 0 Å². The molecule has 0 unspecified atom stereocenters. The summed E-state index contributed by atoms with van der Waals surface area (Å²) in [6.07, 6.45) is 2.74. The monoisotopic (exact) mass is 162 g/mol. The Balaban J connectivity index is 1.68. The van der Waals surface area contributed by atoms with Crippen LogP contribution in [0.25, 0.3) is 0 Å². The van der Waals surface area contributed by atoms with E-state index in [0.29, 0.717) is 0 Å². The lowest BCUT2D eigenvalue weighted by atomic mass is 10.5. The van der Waals surface area contributed by atoms with Gasteiger partial charge in [0.05, 0.1) is 13.7 Å². The number of rotatable bonds is 6. The van der Waals surface area contributed by atoms with Gasteiger partial charge in [0.15, 0.2) is 0 Å².